The highest BCUT2D eigenvalue weighted by Crippen LogP contribution is 2.38. The van der Waals surface area contributed by atoms with Crippen LogP contribution in [0.5, 0.6) is 0 Å². The number of rotatable bonds is 6. The summed E-state index contributed by atoms with van der Waals surface area (Å²) in [6, 6.07) is 4.18. The van der Waals surface area contributed by atoms with E-state index in [9.17, 15) is 0 Å². The first-order valence-electron chi connectivity index (χ1n) is 6.58. The second-order valence-electron chi connectivity index (χ2n) is 5.12. The number of pyridine rings is 1. The van der Waals surface area contributed by atoms with Crippen LogP contribution in [0.4, 0.5) is 5.82 Å². The normalized spacial score (nSPS) is 22.5. The molecule has 1 aromatic heterocycles. The first kappa shape index (κ1) is 12.4. The average molecular weight is 233 g/mol. The van der Waals surface area contributed by atoms with Crippen molar-refractivity contribution in [3.63, 3.8) is 0 Å². The van der Waals surface area contributed by atoms with Gasteiger partial charge in [0, 0.05) is 31.9 Å². The van der Waals surface area contributed by atoms with Gasteiger partial charge in [0.25, 0.3) is 0 Å². The van der Waals surface area contributed by atoms with E-state index in [1.165, 1.54) is 12.0 Å². The molecule has 1 aliphatic carbocycles. The molecule has 0 bridgehead atoms. The van der Waals surface area contributed by atoms with Crippen LogP contribution in [0.3, 0.4) is 0 Å². The summed E-state index contributed by atoms with van der Waals surface area (Å²) in [5.41, 5.74) is 1.30. The third-order valence-corrected chi connectivity index (χ3v) is 3.58. The van der Waals surface area contributed by atoms with E-state index >= 15 is 0 Å². The van der Waals surface area contributed by atoms with Crippen molar-refractivity contribution >= 4 is 5.82 Å². The molecule has 2 atom stereocenters. The Hall–Kier alpha value is -1.09. The standard InChI is InChI=1S/C14H23N3/c1-4-15-9-12-6-5-7-16-14(12)17(3)10-13-8-11(13)2/h5-7,11,13,15H,4,8-10H2,1-3H3. The van der Waals surface area contributed by atoms with E-state index in [2.05, 4.69) is 42.2 Å². The van der Waals surface area contributed by atoms with Gasteiger partial charge in [0.2, 0.25) is 0 Å². The number of hydrogen-bond acceptors (Lipinski definition) is 3. The van der Waals surface area contributed by atoms with Crippen LogP contribution in [0.25, 0.3) is 0 Å². The highest BCUT2D eigenvalue weighted by atomic mass is 15.2. The second-order valence-corrected chi connectivity index (χ2v) is 5.12. The van der Waals surface area contributed by atoms with E-state index < -0.39 is 0 Å². The molecule has 0 aromatic carbocycles. The van der Waals surface area contributed by atoms with Gasteiger partial charge >= 0.3 is 0 Å². The molecule has 3 nitrogen and oxygen atoms in total. The number of anilines is 1. The summed E-state index contributed by atoms with van der Waals surface area (Å²) >= 11 is 0. The molecule has 1 aliphatic rings. The van der Waals surface area contributed by atoms with Crippen LogP contribution in [0.2, 0.25) is 0 Å². The first-order valence-corrected chi connectivity index (χ1v) is 6.58. The lowest BCUT2D eigenvalue weighted by molar-refractivity contribution is 0.697. The fourth-order valence-corrected chi connectivity index (χ4v) is 2.26. The van der Waals surface area contributed by atoms with Crippen LogP contribution in [-0.4, -0.2) is 25.1 Å². The maximum absolute atomic E-state index is 4.52. The number of hydrogen-bond donors (Lipinski definition) is 1. The van der Waals surface area contributed by atoms with E-state index in [1.54, 1.807) is 0 Å². The average Bonchev–Trinajstić information content (AvgIpc) is 3.02. The van der Waals surface area contributed by atoms with Gasteiger partial charge in [0.1, 0.15) is 5.82 Å². The van der Waals surface area contributed by atoms with E-state index in [0.29, 0.717) is 0 Å². The van der Waals surface area contributed by atoms with Crippen molar-refractivity contribution in [3.8, 4) is 0 Å². The van der Waals surface area contributed by atoms with Crippen molar-refractivity contribution in [2.75, 3.05) is 25.0 Å². The lowest BCUT2D eigenvalue weighted by atomic mass is 10.2. The van der Waals surface area contributed by atoms with Gasteiger partial charge in [-0.2, -0.15) is 0 Å². The van der Waals surface area contributed by atoms with Gasteiger partial charge in [-0.05, 0) is 30.9 Å². The van der Waals surface area contributed by atoms with Gasteiger partial charge in [-0.3, -0.25) is 0 Å². The lowest BCUT2D eigenvalue weighted by Gasteiger charge is -2.21. The van der Waals surface area contributed by atoms with Gasteiger partial charge in [-0.25, -0.2) is 4.98 Å². The van der Waals surface area contributed by atoms with Gasteiger partial charge in [-0.15, -0.1) is 0 Å². The van der Waals surface area contributed by atoms with Crippen molar-refractivity contribution < 1.29 is 0 Å². The summed E-state index contributed by atoms with van der Waals surface area (Å²) in [5, 5.41) is 3.37. The fraction of sp³-hybridized carbons (Fsp3) is 0.643. The Morgan fingerprint density at radius 3 is 2.94 bits per heavy atom. The second kappa shape index (κ2) is 5.50. The Balaban J connectivity index is 2.02. The number of nitrogens with zero attached hydrogens (tertiary/aromatic N) is 2. The fourth-order valence-electron chi connectivity index (χ4n) is 2.26. The smallest absolute Gasteiger partial charge is 0.132 e. The summed E-state index contributed by atoms with van der Waals surface area (Å²) in [4.78, 5) is 6.83. The molecular weight excluding hydrogens is 210 g/mol. The zero-order valence-corrected chi connectivity index (χ0v) is 11.1. The van der Waals surface area contributed by atoms with Crippen LogP contribution in [0, 0.1) is 11.8 Å². The van der Waals surface area contributed by atoms with Crippen LogP contribution < -0.4 is 10.2 Å². The van der Waals surface area contributed by atoms with Crippen molar-refractivity contribution in [1.82, 2.24) is 10.3 Å². The molecule has 1 N–H and O–H groups in total. The molecule has 0 radical (unpaired) electrons. The monoisotopic (exact) mass is 233 g/mol. The number of nitrogens with one attached hydrogen (secondary N) is 1. The summed E-state index contributed by atoms with van der Waals surface area (Å²) < 4.78 is 0. The topological polar surface area (TPSA) is 28.2 Å². The lowest BCUT2D eigenvalue weighted by Crippen LogP contribution is -2.24. The summed E-state index contributed by atoms with van der Waals surface area (Å²) in [6.07, 6.45) is 3.26. The molecule has 94 valence electrons. The molecule has 0 amide bonds. The predicted molar refractivity (Wildman–Crippen MR) is 72.2 cm³/mol. The molecule has 0 saturated heterocycles. The summed E-state index contributed by atoms with van der Waals surface area (Å²) in [5.74, 6) is 2.90. The Bertz CT molecular complexity index is 364. The van der Waals surface area contributed by atoms with Crippen molar-refractivity contribution in [1.29, 1.82) is 0 Å². The highest BCUT2D eigenvalue weighted by molar-refractivity contribution is 5.46. The maximum atomic E-state index is 4.52. The van der Waals surface area contributed by atoms with Crippen molar-refractivity contribution in [2.24, 2.45) is 11.8 Å². The molecule has 2 rings (SSSR count). The third-order valence-electron chi connectivity index (χ3n) is 3.58. The molecule has 3 heteroatoms. The summed E-state index contributed by atoms with van der Waals surface area (Å²) in [6.45, 7) is 7.50. The van der Waals surface area contributed by atoms with Gasteiger partial charge < -0.3 is 10.2 Å². The zero-order valence-electron chi connectivity index (χ0n) is 11.1. The maximum Gasteiger partial charge on any atom is 0.132 e. The van der Waals surface area contributed by atoms with Crippen molar-refractivity contribution in [2.45, 2.75) is 26.8 Å². The Morgan fingerprint density at radius 1 is 1.53 bits per heavy atom. The van der Waals surface area contributed by atoms with E-state index in [1.807, 2.05) is 12.3 Å². The van der Waals surface area contributed by atoms with E-state index in [0.717, 1.165) is 37.3 Å². The van der Waals surface area contributed by atoms with Gasteiger partial charge in [-0.1, -0.05) is 19.9 Å². The molecular formula is C14H23N3. The highest BCUT2D eigenvalue weighted by Gasteiger charge is 2.33. The molecule has 2 unspecified atom stereocenters. The molecule has 0 spiro atoms. The molecule has 1 aromatic rings. The zero-order chi connectivity index (χ0) is 12.3. The molecule has 1 saturated carbocycles. The molecule has 0 aliphatic heterocycles. The Labute approximate surface area is 104 Å². The quantitative estimate of drug-likeness (QED) is 0.817. The first-order chi connectivity index (χ1) is 8.22. The number of aromatic nitrogens is 1. The predicted octanol–water partition coefficient (Wildman–Crippen LogP) is 2.28. The largest absolute Gasteiger partial charge is 0.359 e. The minimum absolute atomic E-state index is 0.869. The Kier molecular flexibility index (Phi) is 4.00. The van der Waals surface area contributed by atoms with Crippen LogP contribution in [0.1, 0.15) is 25.8 Å². The van der Waals surface area contributed by atoms with E-state index in [4.69, 9.17) is 0 Å². The van der Waals surface area contributed by atoms with Crippen LogP contribution in [0.15, 0.2) is 18.3 Å². The third kappa shape index (κ3) is 3.19. The van der Waals surface area contributed by atoms with Crippen LogP contribution in [-0.2, 0) is 6.54 Å². The van der Waals surface area contributed by atoms with E-state index in [-0.39, 0.29) is 0 Å². The molecule has 17 heavy (non-hydrogen) atoms. The van der Waals surface area contributed by atoms with Gasteiger partial charge in [0.05, 0.1) is 0 Å². The minimum atomic E-state index is 0.869. The molecule has 1 heterocycles. The van der Waals surface area contributed by atoms with Crippen LogP contribution >= 0.6 is 0 Å². The summed E-state index contributed by atoms with van der Waals surface area (Å²) in [7, 11) is 2.16. The Morgan fingerprint density at radius 2 is 2.29 bits per heavy atom. The SMILES string of the molecule is CCNCc1cccnc1N(C)CC1CC1C. The van der Waals surface area contributed by atoms with Crippen molar-refractivity contribution in [3.05, 3.63) is 23.9 Å². The minimum Gasteiger partial charge on any atom is -0.359 e. The van der Waals surface area contributed by atoms with Gasteiger partial charge in [0.15, 0.2) is 0 Å². The molecule has 1 fully saturated rings.